The first-order valence-corrected chi connectivity index (χ1v) is 2.47. The van der Waals surface area contributed by atoms with Crippen LogP contribution in [0.15, 0.2) is 0 Å². The minimum Gasteiger partial charge on any atom is -0.478 e. The first-order valence-electron chi connectivity index (χ1n) is 2.47. The molecule has 0 aromatic rings. The van der Waals surface area contributed by atoms with Crippen molar-refractivity contribution in [1.29, 1.82) is 0 Å². The Kier molecular flexibility index (Phi) is 2.83. The first kappa shape index (κ1) is 10.2. The Hall–Kier alpha value is -0.820. The number of rotatable bonds is 3. The molecule has 4 N–H and O–H groups in total. The maximum atomic E-state index is 12.3. The summed E-state index contributed by atoms with van der Waals surface area (Å²) in [5.74, 6) is -6.13. The Morgan fingerprint density at radius 3 is 2.00 bits per heavy atom. The van der Waals surface area contributed by atoms with Crippen LogP contribution in [-0.4, -0.2) is 34.5 Å². The van der Waals surface area contributed by atoms with E-state index in [1.54, 1.807) is 0 Å². The molecule has 0 rings (SSSR count). The van der Waals surface area contributed by atoms with Gasteiger partial charge in [0.15, 0.2) is 6.10 Å². The van der Waals surface area contributed by atoms with Gasteiger partial charge in [-0.25, -0.2) is 18.0 Å². The van der Waals surface area contributed by atoms with Gasteiger partial charge in [0, 0.05) is 0 Å². The fraction of sp³-hybridized carbons (Fsp3) is 0.750. The quantitative estimate of drug-likeness (QED) is 0.494. The van der Waals surface area contributed by atoms with Crippen LogP contribution in [0.2, 0.25) is 0 Å². The number of nitrogens with two attached hydrogens (primary N) is 1. The minimum atomic E-state index is -3.80. The average Bonchev–Trinajstić information content (AvgIpc) is 1.85. The van der Waals surface area contributed by atoms with E-state index >= 15 is 0 Å². The molecule has 0 fully saturated rings. The van der Waals surface area contributed by atoms with Gasteiger partial charge in [0.05, 0.1) is 0 Å². The number of alkyl halides is 3. The lowest BCUT2D eigenvalue weighted by atomic mass is 10.1. The number of hydrogen-bond donors (Lipinski definition) is 3. The summed E-state index contributed by atoms with van der Waals surface area (Å²) in [7, 11) is 0. The van der Waals surface area contributed by atoms with E-state index in [9.17, 15) is 18.0 Å². The Balaban J connectivity index is 4.42. The first-order chi connectivity index (χ1) is 4.80. The van der Waals surface area contributed by atoms with Gasteiger partial charge >= 0.3 is 5.97 Å². The molecule has 0 aliphatic carbocycles. The molecule has 0 bridgehead atoms. The second kappa shape index (κ2) is 3.05. The van der Waals surface area contributed by atoms with Crippen LogP contribution in [0, 0.1) is 0 Å². The number of carboxylic acid groups (broad SMARTS) is 1. The summed E-state index contributed by atoms with van der Waals surface area (Å²) in [5, 5.41) is 16.1. The van der Waals surface area contributed by atoms with Crippen LogP contribution in [0.4, 0.5) is 13.2 Å². The second-order valence-electron chi connectivity index (χ2n) is 1.85. The van der Waals surface area contributed by atoms with E-state index in [0.717, 1.165) is 0 Å². The second-order valence-corrected chi connectivity index (χ2v) is 1.85. The molecule has 11 heavy (non-hydrogen) atoms. The smallest absolute Gasteiger partial charge is 0.359 e. The number of carboxylic acids is 1. The fourth-order valence-electron chi connectivity index (χ4n) is 0.310. The lowest BCUT2D eigenvalue weighted by Crippen LogP contribution is -2.56. The number of aliphatic hydroxyl groups excluding tert-OH is 1. The lowest BCUT2D eigenvalue weighted by Gasteiger charge is -2.20. The van der Waals surface area contributed by atoms with E-state index < -0.39 is 24.3 Å². The molecule has 7 heteroatoms. The largest absolute Gasteiger partial charge is 0.478 e. The van der Waals surface area contributed by atoms with E-state index in [4.69, 9.17) is 10.2 Å². The molecule has 0 spiro atoms. The maximum absolute atomic E-state index is 12.3. The molecule has 0 heterocycles. The van der Waals surface area contributed by atoms with Gasteiger partial charge in [0.2, 0.25) is 0 Å². The Bertz CT molecular complexity index is 161. The van der Waals surface area contributed by atoms with E-state index in [1.807, 2.05) is 0 Å². The average molecular weight is 173 g/mol. The van der Waals surface area contributed by atoms with Crippen molar-refractivity contribution in [3.63, 3.8) is 0 Å². The Morgan fingerprint density at radius 2 is 1.91 bits per heavy atom. The minimum absolute atomic E-state index is 2.33. The molecule has 0 aliphatic rings. The molecule has 66 valence electrons. The molecule has 0 saturated carbocycles. The summed E-state index contributed by atoms with van der Waals surface area (Å²) in [6, 6.07) is 0. The van der Waals surface area contributed by atoms with Crippen LogP contribution in [0.25, 0.3) is 0 Å². The molecular weight excluding hydrogens is 167 g/mol. The third kappa shape index (κ3) is 2.05. The van der Waals surface area contributed by atoms with Crippen LogP contribution >= 0.6 is 0 Å². The molecular formula is C4H6F3NO3. The van der Waals surface area contributed by atoms with E-state index in [2.05, 4.69) is 5.73 Å². The Morgan fingerprint density at radius 1 is 1.55 bits per heavy atom. The van der Waals surface area contributed by atoms with Crippen molar-refractivity contribution >= 4 is 5.97 Å². The van der Waals surface area contributed by atoms with Crippen molar-refractivity contribution in [2.24, 2.45) is 5.73 Å². The summed E-state index contributed by atoms with van der Waals surface area (Å²) >= 11 is 0. The number of halogens is 3. The van der Waals surface area contributed by atoms with Crippen molar-refractivity contribution in [1.82, 2.24) is 0 Å². The van der Waals surface area contributed by atoms with E-state index in [-0.39, 0.29) is 0 Å². The molecule has 0 aliphatic heterocycles. The highest BCUT2D eigenvalue weighted by molar-refractivity contribution is 5.77. The van der Waals surface area contributed by atoms with Crippen LogP contribution in [-0.2, 0) is 4.79 Å². The SMILES string of the molecule is NC(F)(C(=O)O)C(O)C(F)F. The Labute approximate surface area is 59.4 Å². The third-order valence-electron chi connectivity index (χ3n) is 0.997. The molecule has 2 atom stereocenters. The molecule has 0 aromatic heterocycles. The van der Waals surface area contributed by atoms with Gasteiger partial charge in [-0.2, -0.15) is 0 Å². The van der Waals surface area contributed by atoms with Gasteiger partial charge in [-0.05, 0) is 0 Å². The zero-order chi connectivity index (χ0) is 9.23. The predicted molar refractivity (Wildman–Crippen MR) is 27.7 cm³/mol. The van der Waals surface area contributed by atoms with E-state index in [1.165, 1.54) is 0 Å². The molecule has 0 aromatic carbocycles. The zero-order valence-electron chi connectivity index (χ0n) is 5.17. The normalized spacial score (nSPS) is 19.5. The standard InChI is InChI=1S/C4H6F3NO3/c5-2(6)1(9)4(7,8)3(10)11/h1-2,9H,8H2,(H,10,11). The van der Waals surface area contributed by atoms with Gasteiger partial charge in [0.25, 0.3) is 12.2 Å². The molecule has 0 saturated heterocycles. The fourth-order valence-corrected chi connectivity index (χ4v) is 0.310. The van der Waals surface area contributed by atoms with Crippen LogP contribution in [0.1, 0.15) is 0 Å². The highest BCUT2D eigenvalue weighted by Gasteiger charge is 2.47. The zero-order valence-corrected chi connectivity index (χ0v) is 5.17. The topological polar surface area (TPSA) is 83.6 Å². The number of aliphatic hydroxyl groups is 1. The molecule has 0 amide bonds. The summed E-state index contributed by atoms with van der Waals surface area (Å²) in [5.41, 5.74) is 4.21. The van der Waals surface area contributed by atoms with Crippen molar-refractivity contribution in [3.05, 3.63) is 0 Å². The van der Waals surface area contributed by atoms with Crippen molar-refractivity contribution in [2.75, 3.05) is 0 Å². The van der Waals surface area contributed by atoms with Gasteiger partial charge in [-0.15, -0.1) is 0 Å². The van der Waals surface area contributed by atoms with Crippen LogP contribution in [0.5, 0.6) is 0 Å². The number of carbonyl (C=O) groups is 1. The third-order valence-corrected chi connectivity index (χ3v) is 0.997. The summed E-state index contributed by atoms with van der Waals surface area (Å²) in [6.07, 6.45) is -6.54. The molecule has 2 unspecified atom stereocenters. The predicted octanol–water partition coefficient (Wildman–Crippen LogP) is -0.679. The van der Waals surface area contributed by atoms with Crippen molar-refractivity contribution in [3.8, 4) is 0 Å². The summed E-state index contributed by atoms with van der Waals surface area (Å²) < 4.78 is 35.2. The highest BCUT2D eigenvalue weighted by Crippen LogP contribution is 2.15. The van der Waals surface area contributed by atoms with Crippen molar-refractivity contribution in [2.45, 2.75) is 18.3 Å². The summed E-state index contributed by atoms with van der Waals surface area (Å²) in [4.78, 5) is 9.77. The monoisotopic (exact) mass is 173 g/mol. The van der Waals surface area contributed by atoms with Gasteiger partial charge in [-0.3, -0.25) is 5.73 Å². The van der Waals surface area contributed by atoms with Gasteiger partial charge in [-0.1, -0.05) is 0 Å². The number of hydrogen-bond acceptors (Lipinski definition) is 3. The lowest BCUT2D eigenvalue weighted by molar-refractivity contribution is -0.168. The molecule has 4 nitrogen and oxygen atoms in total. The van der Waals surface area contributed by atoms with Gasteiger partial charge < -0.3 is 10.2 Å². The van der Waals surface area contributed by atoms with E-state index in [0.29, 0.717) is 0 Å². The summed E-state index contributed by atoms with van der Waals surface area (Å²) in [6.45, 7) is 0. The number of aliphatic carboxylic acids is 1. The van der Waals surface area contributed by atoms with Crippen LogP contribution < -0.4 is 5.73 Å². The van der Waals surface area contributed by atoms with Crippen LogP contribution in [0.3, 0.4) is 0 Å². The highest BCUT2D eigenvalue weighted by atomic mass is 19.3. The maximum Gasteiger partial charge on any atom is 0.359 e. The van der Waals surface area contributed by atoms with Gasteiger partial charge in [0.1, 0.15) is 0 Å². The molecule has 0 radical (unpaired) electrons. The van der Waals surface area contributed by atoms with Crippen molar-refractivity contribution < 1.29 is 28.2 Å².